The number of nitrogens with zero attached hydrogens (tertiary/aromatic N) is 7. The number of alkyl halides is 1. The highest BCUT2D eigenvalue weighted by Crippen LogP contribution is 2.56. The number of hydrogen-bond acceptors (Lipinski definition) is 17. The van der Waals surface area contributed by atoms with Gasteiger partial charge in [0.15, 0.2) is 52.5 Å². The molecule has 7 heterocycles. The van der Waals surface area contributed by atoms with Crippen molar-refractivity contribution in [3.63, 3.8) is 0 Å². The molecule has 3 fully saturated rings. The number of nitrogens with two attached hydrogens (primary N) is 2. The second-order valence-electron chi connectivity index (χ2n) is 10.6. The fourth-order valence-corrected chi connectivity index (χ4v) is 8.37. The zero-order valence-corrected chi connectivity index (χ0v) is 26.8. The number of nitrogens with one attached hydrogen (secondary N) is 1. The highest BCUT2D eigenvalue weighted by molar-refractivity contribution is 8.07. The van der Waals surface area contributed by atoms with Crippen LogP contribution >= 0.6 is 13.4 Å². The third-order valence-electron chi connectivity index (χ3n) is 7.74. The molecule has 0 saturated carbocycles. The lowest BCUT2D eigenvalue weighted by molar-refractivity contribution is -0.113. The van der Waals surface area contributed by atoms with Crippen molar-refractivity contribution in [2.45, 2.75) is 42.0 Å². The highest BCUT2D eigenvalue weighted by Gasteiger charge is 2.63. The molecule has 20 nitrogen and oxygen atoms in total. The maximum Gasteiger partial charge on any atom is 0.325 e. The molecular weight excluding hydrogens is 709 g/mol. The predicted octanol–water partition coefficient (Wildman–Crippen LogP) is -1.34. The number of aliphatic hydroxyl groups is 1. The van der Waals surface area contributed by atoms with Crippen LogP contribution in [-0.4, -0.2) is 104 Å². The van der Waals surface area contributed by atoms with E-state index < -0.39 is 80.9 Å². The van der Waals surface area contributed by atoms with Crippen LogP contribution in [0.1, 0.15) is 6.23 Å². The van der Waals surface area contributed by atoms with Crippen LogP contribution in [0.2, 0.25) is 0 Å². The highest BCUT2D eigenvalue weighted by atomic mass is 32.5. The number of ether oxygens (including phenoxy) is 2. The molecule has 0 aromatic carbocycles. The Morgan fingerprint density at radius 3 is 2.60 bits per heavy atom. The number of halogens is 1. The second-order valence-corrected chi connectivity index (χ2v) is 16.2. The van der Waals surface area contributed by atoms with E-state index in [0.29, 0.717) is 0 Å². The van der Waals surface area contributed by atoms with Crippen LogP contribution in [-0.2, 0) is 56.9 Å². The maximum absolute atomic E-state index is 16.0. The van der Waals surface area contributed by atoms with Crippen molar-refractivity contribution in [2.75, 3.05) is 31.3 Å². The van der Waals surface area contributed by atoms with Crippen molar-refractivity contribution in [2.24, 2.45) is 0 Å². The molecule has 7 rings (SSSR count). The monoisotopic (exact) mass is 732 g/mol. The number of imidazole rings is 2. The molecular formula is C22H23FN10O10P2S2. The van der Waals surface area contributed by atoms with E-state index in [1.54, 1.807) is 0 Å². The van der Waals surface area contributed by atoms with E-state index in [1.807, 2.05) is 0 Å². The Balaban J connectivity index is 1.28. The molecule has 47 heavy (non-hydrogen) atoms. The molecule has 4 aromatic heterocycles. The van der Waals surface area contributed by atoms with E-state index in [9.17, 15) is 19.7 Å². The zero-order valence-electron chi connectivity index (χ0n) is 23.4. The van der Waals surface area contributed by atoms with Crippen LogP contribution in [0, 0.1) is 12.3 Å². The molecule has 0 radical (unpaired) electrons. The van der Waals surface area contributed by atoms with E-state index >= 15 is 4.39 Å². The standard InChI is InChI=1S/C22H23FN10O10P2S2/c1-2-21-4-40-45(37,47)42-13-10(23)9(41-18(13)32-7-28-12-16(32)30-20(25)31-17(12)34)3-39-44(36,46)43-19(21)22(35,5-38-21)33-8-29-11-14(24)26-6-27-15(11)33/h1,6-10,13,18-19,35H,3-5H2,(H,36,46)(H,37,47)(H2,24,26,27)(H3,25,30,31,34)/t9-,10+,13-,18-,19-,21-,22+,44?,45?/m1/s1. The molecule has 3 aliphatic rings. The van der Waals surface area contributed by atoms with E-state index in [1.165, 1.54) is 0 Å². The Morgan fingerprint density at radius 2 is 1.83 bits per heavy atom. The largest absolute Gasteiger partial charge is 0.382 e. The minimum atomic E-state index is -4.46. The van der Waals surface area contributed by atoms with Crippen LogP contribution in [0.25, 0.3) is 22.3 Å². The quantitative estimate of drug-likeness (QED) is 0.103. The van der Waals surface area contributed by atoms with E-state index in [0.717, 1.165) is 28.1 Å². The molecule has 0 amide bonds. The van der Waals surface area contributed by atoms with E-state index in [-0.39, 0.29) is 34.1 Å². The van der Waals surface area contributed by atoms with E-state index in [2.05, 4.69) is 35.8 Å². The van der Waals surface area contributed by atoms with Crippen LogP contribution < -0.4 is 17.0 Å². The third-order valence-corrected chi connectivity index (χ3v) is 10.8. The van der Waals surface area contributed by atoms with Gasteiger partial charge in [-0.2, -0.15) is 4.98 Å². The summed E-state index contributed by atoms with van der Waals surface area (Å²) in [5.41, 5.74) is 6.38. The van der Waals surface area contributed by atoms with Crippen molar-refractivity contribution in [3.8, 4) is 12.3 Å². The number of hydrogen-bond donors (Lipinski definition) is 6. The second kappa shape index (κ2) is 11.2. The van der Waals surface area contributed by atoms with Gasteiger partial charge < -0.3 is 44.9 Å². The van der Waals surface area contributed by atoms with Gasteiger partial charge >= 0.3 is 13.4 Å². The lowest BCUT2D eigenvalue weighted by Gasteiger charge is -2.37. The van der Waals surface area contributed by atoms with Crippen molar-refractivity contribution in [1.82, 2.24) is 39.0 Å². The van der Waals surface area contributed by atoms with Gasteiger partial charge in [0.2, 0.25) is 5.95 Å². The third kappa shape index (κ3) is 5.35. The van der Waals surface area contributed by atoms with Gasteiger partial charge in [-0.05, 0) is 23.6 Å². The summed E-state index contributed by atoms with van der Waals surface area (Å²) in [4.78, 5) is 57.2. The molecule has 25 heteroatoms. The van der Waals surface area contributed by atoms with Gasteiger partial charge in [-0.3, -0.25) is 28.0 Å². The first-order chi connectivity index (χ1) is 22.2. The Labute approximate surface area is 271 Å². The molecule has 2 bridgehead atoms. The molecule has 250 valence electrons. The average molecular weight is 733 g/mol. The van der Waals surface area contributed by atoms with Crippen LogP contribution in [0.4, 0.5) is 16.2 Å². The average Bonchev–Trinajstić information content (AvgIpc) is 3.77. The summed E-state index contributed by atoms with van der Waals surface area (Å²) >= 11 is 10.5. The fraction of sp³-hybridized carbons (Fsp3) is 0.455. The molecule has 2 unspecified atom stereocenters. The van der Waals surface area contributed by atoms with Gasteiger partial charge in [-0.1, -0.05) is 5.92 Å². The van der Waals surface area contributed by atoms with Crippen LogP contribution in [0.3, 0.4) is 0 Å². The minimum Gasteiger partial charge on any atom is -0.382 e. The summed E-state index contributed by atoms with van der Waals surface area (Å²) in [6, 6.07) is 0. The summed E-state index contributed by atoms with van der Waals surface area (Å²) in [6.45, 7) is -11.1. The van der Waals surface area contributed by atoms with Crippen molar-refractivity contribution in [1.29, 1.82) is 0 Å². The number of H-pyrrole nitrogens is 1. The smallest absolute Gasteiger partial charge is 0.325 e. The van der Waals surface area contributed by atoms with Crippen molar-refractivity contribution in [3.05, 3.63) is 29.3 Å². The molecule has 3 saturated heterocycles. The molecule has 3 aliphatic heterocycles. The number of fused-ring (bicyclic) bond motifs is 5. The Kier molecular flexibility index (Phi) is 7.77. The summed E-state index contributed by atoms with van der Waals surface area (Å²) in [5, 5.41) is 12.0. The SMILES string of the molecule is C#C[C@@]12COP(O)(=S)O[C@@H]3[C@@H](F)[C@@H](COP(O)(=S)O[C@H]1[C@](O)(n1cnc4c(N)ncnc41)CO2)O[C@H]3n1cnc2c(=O)[nH]c(N)nc21. The van der Waals surface area contributed by atoms with E-state index in [4.69, 9.17) is 69.1 Å². The molecule has 8 N–H and O–H groups in total. The number of anilines is 2. The number of aromatic amines is 1. The number of rotatable bonds is 2. The van der Waals surface area contributed by atoms with Gasteiger partial charge in [0.1, 0.15) is 30.7 Å². The first-order valence-corrected chi connectivity index (χ1v) is 18.5. The molecule has 4 aromatic rings. The Bertz CT molecular complexity index is 2110. The van der Waals surface area contributed by atoms with Crippen molar-refractivity contribution >= 4 is 71.1 Å². The first-order valence-electron chi connectivity index (χ1n) is 13.3. The van der Waals surface area contributed by atoms with Gasteiger partial charge in [-0.15, -0.1) is 6.42 Å². The van der Waals surface area contributed by atoms with Crippen molar-refractivity contribution < 1.29 is 46.9 Å². The molecule has 0 aliphatic carbocycles. The summed E-state index contributed by atoms with van der Waals surface area (Å²) in [5.74, 6) is 2.06. The number of terminal acetylenes is 1. The van der Waals surface area contributed by atoms with Crippen LogP contribution in [0.15, 0.2) is 23.8 Å². The van der Waals surface area contributed by atoms with Gasteiger partial charge in [-0.25, -0.2) is 24.3 Å². The Morgan fingerprint density at radius 1 is 1.09 bits per heavy atom. The molecule has 0 spiro atoms. The zero-order chi connectivity index (χ0) is 33.5. The summed E-state index contributed by atoms with van der Waals surface area (Å²) < 4.78 is 52.6. The number of aromatic nitrogens is 8. The normalized spacial score (nSPS) is 38.0. The lowest BCUT2D eigenvalue weighted by Crippen LogP contribution is -2.54. The predicted molar refractivity (Wildman–Crippen MR) is 163 cm³/mol. The number of nitrogen functional groups attached to an aromatic ring is 2. The lowest BCUT2D eigenvalue weighted by atomic mass is 9.93. The Hall–Kier alpha value is -3.07. The van der Waals surface area contributed by atoms with Gasteiger partial charge in [0, 0.05) is 0 Å². The summed E-state index contributed by atoms with van der Waals surface area (Å²) in [6.07, 6.45) is 0.648. The van der Waals surface area contributed by atoms with Crippen LogP contribution in [0.5, 0.6) is 0 Å². The first kappa shape index (κ1) is 32.5. The fourth-order valence-electron chi connectivity index (χ4n) is 5.53. The van der Waals surface area contributed by atoms with Gasteiger partial charge in [0.05, 0.1) is 25.9 Å². The molecule has 9 atom stereocenters. The topological polar surface area (TPSA) is 275 Å². The maximum atomic E-state index is 16.0. The summed E-state index contributed by atoms with van der Waals surface area (Å²) in [7, 11) is 0. The minimum absolute atomic E-state index is 0.00345. The van der Waals surface area contributed by atoms with Gasteiger partial charge in [0.25, 0.3) is 5.56 Å².